The smallest absolute Gasteiger partial charge is 0.206 e. The maximum atomic E-state index is 6.25. The first-order valence-electron chi connectivity index (χ1n) is 9.18. The van der Waals surface area contributed by atoms with Crippen LogP contribution in [-0.4, -0.2) is 20.2 Å². The van der Waals surface area contributed by atoms with Crippen molar-refractivity contribution in [3.63, 3.8) is 0 Å². The standard InChI is InChI=1S/C22H20ClN3O3S/c1-27-15-11-10-14(19(12-15)28-2)13-24-22-25-21-18(8-5-9-20(21)30-26-22)29-17-7-4-3-6-16(17)23/h3-12H,13H2,1-2H3,(H2,24,25,26). The van der Waals surface area contributed by atoms with Gasteiger partial charge in [-0.3, -0.25) is 4.72 Å². The Morgan fingerprint density at radius 3 is 2.57 bits per heavy atom. The largest absolute Gasteiger partial charge is 0.497 e. The highest BCUT2D eigenvalue weighted by Crippen LogP contribution is 2.40. The van der Waals surface area contributed by atoms with Gasteiger partial charge >= 0.3 is 0 Å². The number of aliphatic imine (C=N–C) groups is 1. The molecule has 1 aliphatic rings. The van der Waals surface area contributed by atoms with Crippen molar-refractivity contribution in [2.75, 3.05) is 19.5 Å². The first-order chi connectivity index (χ1) is 14.7. The number of fused-ring (bicyclic) bond motifs is 1. The number of nitrogens with one attached hydrogen (secondary N) is 2. The van der Waals surface area contributed by atoms with Gasteiger partial charge in [-0.15, -0.1) is 0 Å². The van der Waals surface area contributed by atoms with E-state index in [0.717, 1.165) is 27.6 Å². The molecule has 0 bridgehead atoms. The molecule has 30 heavy (non-hydrogen) atoms. The van der Waals surface area contributed by atoms with Gasteiger partial charge in [-0.1, -0.05) is 29.8 Å². The molecule has 8 heteroatoms. The van der Waals surface area contributed by atoms with Gasteiger partial charge in [0.05, 0.1) is 36.4 Å². The highest BCUT2D eigenvalue weighted by molar-refractivity contribution is 7.98. The summed E-state index contributed by atoms with van der Waals surface area (Å²) in [6.07, 6.45) is 0. The van der Waals surface area contributed by atoms with Gasteiger partial charge in [0.1, 0.15) is 17.2 Å². The molecule has 0 amide bonds. The number of rotatable bonds is 6. The molecule has 0 fully saturated rings. The van der Waals surface area contributed by atoms with Crippen LogP contribution in [0.3, 0.4) is 0 Å². The van der Waals surface area contributed by atoms with Crippen LogP contribution in [0.5, 0.6) is 23.0 Å². The van der Waals surface area contributed by atoms with E-state index in [1.165, 1.54) is 11.9 Å². The molecular formula is C22H20ClN3O3S. The minimum absolute atomic E-state index is 0.436. The SMILES string of the molecule is COc1ccc(CN=C2NSc3cccc(Oc4ccccc4Cl)c3N2)c(OC)c1. The minimum Gasteiger partial charge on any atom is -0.497 e. The Labute approximate surface area is 184 Å². The summed E-state index contributed by atoms with van der Waals surface area (Å²) in [7, 11) is 3.26. The minimum atomic E-state index is 0.436. The maximum absolute atomic E-state index is 6.25. The second-order valence-electron chi connectivity index (χ2n) is 6.33. The first kappa shape index (κ1) is 20.3. The molecular weight excluding hydrogens is 422 g/mol. The van der Waals surface area contributed by atoms with Crippen LogP contribution in [0, 0.1) is 0 Å². The normalized spacial score (nSPS) is 13.8. The molecule has 0 unspecified atom stereocenters. The van der Waals surface area contributed by atoms with Crippen molar-refractivity contribution in [1.29, 1.82) is 0 Å². The van der Waals surface area contributed by atoms with Crippen LogP contribution in [0.15, 0.2) is 70.6 Å². The van der Waals surface area contributed by atoms with Gasteiger partial charge in [0.25, 0.3) is 0 Å². The molecule has 0 saturated carbocycles. The van der Waals surface area contributed by atoms with E-state index in [9.17, 15) is 0 Å². The average molecular weight is 442 g/mol. The van der Waals surface area contributed by atoms with Crippen molar-refractivity contribution in [2.45, 2.75) is 11.4 Å². The Hall–Kier alpha value is -3.03. The highest BCUT2D eigenvalue weighted by atomic mass is 35.5. The fourth-order valence-corrected chi connectivity index (χ4v) is 3.81. The van der Waals surface area contributed by atoms with E-state index in [0.29, 0.717) is 29.0 Å². The van der Waals surface area contributed by atoms with Gasteiger partial charge in [-0.2, -0.15) is 0 Å². The second-order valence-corrected chi connectivity index (χ2v) is 7.59. The lowest BCUT2D eigenvalue weighted by Crippen LogP contribution is -2.29. The predicted molar refractivity (Wildman–Crippen MR) is 121 cm³/mol. The van der Waals surface area contributed by atoms with Crippen LogP contribution in [0.1, 0.15) is 5.56 Å². The molecule has 3 aromatic carbocycles. The molecule has 0 atom stereocenters. The number of hydrogen-bond acceptors (Lipinski definition) is 5. The van der Waals surface area contributed by atoms with Crippen molar-refractivity contribution in [2.24, 2.45) is 4.99 Å². The summed E-state index contributed by atoms with van der Waals surface area (Å²) in [6.45, 7) is 0.436. The van der Waals surface area contributed by atoms with Gasteiger partial charge in [0.15, 0.2) is 5.75 Å². The number of halogens is 1. The Morgan fingerprint density at radius 1 is 0.933 bits per heavy atom. The molecule has 0 saturated heterocycles. The Morgan fingerprint density at radius 2 is 1.77 bits per heavy atom. The molecule has 0 aromatic heterocycles. The average Bonchev–Trinajstić information content (AvgIpc) is 2.79. The summed E-state index contributed by atoms with van der Waals surface area (Å²) in [5.41, 5.74) is 1.78. The van der Waals surface area contributed by atoms with Gasteiger partial charge in [-0.25, -0.2) is 4.99 Å². The van der Waals surface area contributed by atoms with Gasteiger partial charge in [0.2, 0.25) is 5.96 Å². The number of benzene rings is 3. The summed E-state index contributed by atoms with van der Waals surface area (Å²) in [5, 5.41) is 3.87. The van der Waals surface area contributed by atoms with E-state index in [1.54, 1.807) is 20.3 Å². The number of methoxy groups -OCH3 is 2. The fraction of sp³-hybridized carbons (Fsp3) is 0.136. The quantitative estimate of drug-likeness (QED) is 0.476. The zero-order valence-corrected chi connectivity index (χ0v) is 18.0. The molecule has 4 rings (SSSR count). The van der Waals surface area contributed by atoms with Crippen LogP contribution >= 0.6 is 23.5 Å². The molecule has 0 aliphatic carbocycles. The number of anilines is 1. The summed E-state index contributed by atoms with van der Waals surface area (Å²) >= 11 is 7.72. The van der Waals surface area contributed by atoms with Crippen molar-refractivity contribution in [3.05, 3.63) is 71.2 Å². The lowest BCUT2D eigenvalue weighted by atomic mass is 10.2. The summed E-state index contributed by atoms with van der Waals surface area (Å²) < 4.78 is 20.0. The summed E-state index contributed by atoms with van der Waals surface area (Å²) in [5.74, 6) is 3.36. The van der Waals surface area contributed by atoms with Gasteiger partial charge in [-0.05, 0) is 48.3 Å². The van der Waals surface area contributed by atoms with Crippen LogP contribution in [0.2, 0.25) is 5.02 Å². The Bertz CT molecular complexity index is 1090. The van der Waals surface area contributed by atoms with Crippen molar-refractivity contribution >= 4 is 35.2 Å². The van der Waals surface area contributed by atoms with Crippen LogP contribution < -0.4 is 24.2 Å². The van der Waals surface area contributed by atoms with Crippen LogP contribution in [0.4, 0.5) is 5.69 Å². The van der Waals surface area contributed by atoms with E-state index >= 15 is 0 Å². The first-order valence-corrected chi connectivity index (χ1v) is 10.4. The Kier molecular flexibility index (Phi) is 6.21. The number of nitrogens with zero attached hydrogens (tertiary/aromatic N) is 1. The summed E-state index contributed by atoms with van der Waals surface area (Å²) in [4.78, 5) is 5.65. The van der Waals surface area contributed by atoms with Gasteiger partial charge in [0, 0.05) is 11.6 Å². The van der Waals surface area contributed by atoms with E-state index < -0.39 is 0 Å². The molecule has 2 N–H and O–H groups in total. The van der Waals surface area contributed by atoms with Crippen molar-refractivity contribution in [3.8, 4) is 23.0 Å². The summed E-state index contributed by atoms with van der Waals surface area (Å²) in [6, 6.07) is 18.9. The number of hydrogen-bond donors (Lipinski definition) is 2. The third-order valence-electron chi connectivity index (χ3n) is 4.45. The molecule has 1 heterocycles. The topological polar surface area (TPSA) is 64.1 Å². The third-order valence-corrected chi connectivity index (χ3v) is 5.62. The lowest BCUT2D eigenvalue weighted by Gasteiger charge is -2.23. The second kappa shape index (κ2) is 9.19. The molecule has 6 nitrogen and oxygen atoms in total. The highest BCUT2D eigenvalue weighted by Gasteiger charge is 2.19. The van der Waals surface area contributed by atoms with E-state index in [4.69, 9.17) is 25.8 Å². The molecule has 0 radical (unpaired) electrons. The monoisotopic (exact) mass is 441 g/mol. The predicted octanol–water partition coefficient (Wildman–Crippen LogP) is 5.73. The number of para-hydroxylation sites is 2. The van der Waals surface area contributed by atoms with Crippen molar-refractivity contribution in [1.82, 2.24) is 4.72 Å². The van der Waals surface area contributed by atoms with E-state index in [1.807, 2.05) is 54.6 Å². The van der Waals surface area contributed by atoms with Crippen molar-refractivity contribution < 1.29 is 14.2 Å². The zero-order valence-electron chi connectivity index (χ0n) is 16.4. The van der Waals surface area contributed by atoms with Crippen LogP contribution in [-0.2, 0) is 6.54 Å². The lowest BCUT2D eigenvalue weighted by molar-refractivity contribution is 0.391. The van der Waals surface area contributed by atoms with E-state index in [2.05, 4.69) is 15.0 Å². The number of guanidine groups is 1. The zero-order chi connectivity index (χ0) is 20.9. The fourth-order valence-electron chi connectivity index (χ4n) is 2.92. The van der Waals surface area contributed by atoms with Crippen LogP contribution in [0.25, 0.3) is 0 Å². The molecule has 0 spiro atoms. The number of ether oxygens (including phenoxy) is 3. The Balaban J connectivity index is 1.55. The van der Waals surface area contributed by atoms with Gasteiger partial charge < -0.3 is 19.5 Å². The van der Waals surface area contributed by atoms with E-state index in [-0.39, 0.29) is 0 Å². The maximum Gasteiger partial charge on any atom is 0.206 e. The molecule has 154 valence electrons. The third kappa shape index (κ3) is 4.42. The molecule has 1 aliphatic heterocycles. The molecule has 3 aromatic rings.